The molecule has 1 aromatic rings. The monoisotopic (exact) mass is 355 g/mol. The van der Waals surface area contributed by atoms with Crippen LogP contribution < -0.4 is 5.32 Å². The number of amides is 1. The van der Waals surface area contributed by atoms with Crippen LogP contribution in [0.25, 0.3) is 0 Å². The first-order valence-electron chi connectivity index (χ1n) is 5.97. The molecule has 0 aliphatic rings. The maximum atomic E-state index is 13.7. The van der Waals surface area contributed by atoms with Gasteiger partial charge in [-0.05, 0) is 24.5 Å². The van der Waals surface area contributed by atoms with E-state index in [0.717, 1.165) is 23.9 Å². The molecule has 20 heavy (non-hydrogen) atoms. The van der Waals surface area contributed by atoms with E-state index in [4.69, 9.17) is 0 Å². The van der Waals surface area contributed by atoms with Crippen LogP contribution in [-0.4, -0.2) is 17.8 Å². The van der Waals surface area contributed by atoms with Gasteiger partial charge in [0.1, 0.15) is 5.82 Å². The van der Waals surface area contributed by atoms with Gasteiger partial charge >= 0.3 is 6.18 Å². The number of rotatable bonds is 5. The molecule has 0 heterocycles. The van der Waals surface area contributed by atoms with E-state index in [1.807, 2.05) is 6.92 Å². The predicted octanol–water partition coefficient (Wildman–Crippen LogP) is 4.00. The number of benzene rings is 1. The lowest BCUT2D eigenvalue weighted by molar-refractivity contribution is -0.140. The van der Waals surface area contributed by atoms with Crippen molar-refractivity contribution in [2.75, 3.05) is 11.9 Å². The van der Waals surface area contributed by atoms with E-state index in [-0.39, 0.29) is 12.5 Å². The van der Waals surface area contributed by atoms with Crippen LogP contribution in [0.4, 0.5) is 17.6 Å². The van der Waals surface area contributed by atoms with Crippen molar-refractivity contribution in [3.63, 3.8) is 0 Å². The molecule has 0 radical (unpaired) electrons. The fourth-order valence-corrected chi connectivity index (χ4v) is 2.36. The van der Waals surface area contributed by atoms with Gasteiger partial charge < -0.3 is 5.32 Å². The van der Waals surface area contributed by atoms with Gasteiger partial charge in [0.25, 0.3) is 5.91 Å². The highest BCUT2D eigenvalue weighted by molar-refractivity contribution is 9.09. The summed E-state index contributed by atoms with van der Waals surface area (Å²) in [6.07, 6.45) is -4.02. The van der Waals surface area contributed by atoms with Crippen molar-refractivity contribution < 1.29 is 22.4 Å². The number of hydrogen-bond acceptors (Lipinski definition) is 1. The summed E-state index contributed by atoms with van der Waals surface area (Å²) in [4.78, 5) is 11.7. The highest BCUT2D eigenvalue weighted by atomic mass is 79.9. The Hall–Kier alpha value is -1.11. The largest absolute Gasteiger partial charge is 0.419 e. The average Bonchev–Trinajstić information content (AvgIpc) is 2.35. The van der Waals surface area contributed by atoms with Gasteiger partial charge in [-0.25, -0.2) is 4.39 Å². The zero-order valence-electron chi connectivity index (χ0n) is 10.7. The molecule has 1 atom stereocenters. The Bertz CT molecular complexity index is 476. The summed E-state index contributed by atoms with van der Waals surface area (Å²) >= 11 is 3.25. The third-order valence-electron chi connectivity index (χ3n) is 2.76. The number of alkyl halides is 4. The summed E-state index contributed by atoms with van der Waals surface area (Å²) in [5.41, 5.74) is -2.02. The first kappa shape index (κ1) is 16.9. The van der Waals surface area contributed by atoms with Gasteiger partial charge in [-0.1, -0.05) is 28.9 Å². The zero-order valence-corrected chi connectivity index (χ0v) is 12.3. The second kappa shape index (κ2) is 7.06. The molecule has 0 aliphatic heterocycles. The lowest BCUT2D eigenvalue weighted by Gasteiger charge is -2.13. The van der Waals surface area contributed by atoms with Crippen molar-refractivity contribution in [3.05, 3.63) is 35.1 Å². The first-order valence-corrected chi connectivity index (χ1v) is 7.09. The molecule has 0 bridgehead atoms. The van der Waals surface area contributed by atoms with Gasteiger partial charge in [-0.2, -0.15) is 13.2 Å². The average molecular weight is 356 g/mol. The normalized spacial score (nSPS) is 13.1. The molecule has 1 amide bonds. The van der Waals surface area contributed by atoms with Crippen LogP contribution in [-0.2, 0) is 6.18 Å². The number of nitrogens with one attached hydrogen (secondary N) is 1. The predicted molar refractivity (Wildman–Crippen MR) is 71.3 cm³/mol. The lowest BCUT2D eigenvalue weighted by atomic mass is 10.1. The summed E-state index contributed by atoms with van der Waals surface area (Å²) in [7, 11) is 0. The van der Waals surface area contributed by atoms with E-state index in [1.165, 1.54) is 0 Å². The smallest absolute Gasteiger partial charge is 0.352 e. The molecule has 1 N–H and O–H groups in total. The van der Waals surface area contributed by atoms with Crippen molar-refractivity contribution in [3.8, 4) is 0 Å². The van der Waals surface area contributed by atoms with Crippen LogP contribution >= 0.6 is 15.9 Å². The van der Waals surface area contributed by atoms with Gasteiger partial charge in [0.05, 0.1) is 11.1 Å². The second-order valence-corrected chi connectivity index (χ2v) is 5.25. The molecule has 7 heteroatoms. The van der Waals surface area contributed by atoms with E-state index >= 15 is 0 Å². The summed E-state index contributed by atoms with van der Waals surface area (Å²) in [5.74, 6) is -2.23. The highest BCUT2D eigenvalue weighted by Gasteiger charge is 2.35. The van der Waals surface area contributed by atoms with Crippen molar-refractivity contribution in [1.82, 2.24) is 5.32 Å². The number of halogens is 5. The fraction of sp³-hybridized carbons (Fsp3) is 0.462. The van der Waals surface area contributed by atoms with Crippen LogP contribution in [0.2, 0.25) is 0 Å². The molecule has 0 aliphatic carbocycles. The summed E-state index contributed by atoms with van der Waals surface area (Å²) in [6.45, 7) is 2.16. The van der Waals surface area contributed by atoms with Crippen molar-refractivity contribution >= 4 is 21.8 Å². The van der Waals surface area contributed by atoms with Gasteiger partial charge in [0, 0.05) is 11.9 Å². The van der Waals surface area contributed by atoms with Crippen LogP contribution in [0.5, 0.6) is 0 Å². The van der Waals surface area contributed by atoms with E-state index < -0.39 is 29.0 Å². The quantitative estimate of drug-likeness (QED) is 0.627. The highest BCUT2D eigenvalue weighted by Crippen LogP contribution is 2.32. The summed E-state index contributed by atoms with van der Waals surface area (Å²) < 4.78 is 51.3. The van der Waals surface area contributed by atoms with Gasteiger partial charge in [-0.3, -0.25) is 4.79 Å². The maximum Gasteiger partial charge on any atom is 0.419 e. The van der Waals surface area contributed by atoms with Gasteiger partial charge in [-0.15, -0.1) is 0 Å². The molecular weight excluding hydrogens is 342 g/mol. The molecule has 0 spiro atoms. The van der Waals surface area contributed by atoms with Crippen molar-refractivity contribution in [2.45, 2.75) is 19.5 Å². The number of carbonyl (C=O) groups is 1. The molecule has 0 saturated carbocycles. The molecule has 0 fully saturated rings. The molecule has 1 unspecified atom stereocenters. The van der Waals surface area contributed by atoms with Gasteiger partial charge in [0.2, 0.25) is 0 Å². The molecule has 0 saturated heterocycles. The Morgan fingerprint density at radius 3 is 2.60 bits per heavy atom. The molecule has 2 nitrogen and oxygen atoms in total. The molecule has 112 valence electrons. The number of hydrogen-bond donors (Lipinski definition) is 1. The van der Waals surface area contributed by atoms with E-state index in [9.17, 15) is 22.4 Å². The molecule has 1 aromatic carbocycles. The zero-order chi connectivity index (χ0) is 15.3. The SMILES string of the molecule is CC(CCBr)CNC(=O)c1cccc(C(F)(F)F)c1F. The van der Waals surface area contributed by atoms with Crippen molar-refractivity contribution in [1.29, 1.82) is 0 Å². The Balaban J connectivity index is 2.84. The minimum atomic E-state index is -4.82. The molecule has 0 aromatic heterocycles. The van der Waals surface area contributed by atoms with Crippen molar-refractivity contribution in [2.24, 2.45) is 5.92 Å². The maximum absolute atomic E-state index is 13.7. The Morgan fingerprint density at radius 1 is 1.40 bits per heavy atom. The fourth-order valence-electron chi connectivity index (χ4n) is 1.58. The minimum absolute atomic E-state index is 0.146. The van der Waals surface area contributed by atoms with Crippen LogP contribution in [0.1, 0.15) is 29.3 Å². The Kier molecular flexibility index (Phi) is 5.98. The first-order chi connectivity index (χ1) is 9.27. The summed E-state index contributed by atoms with van der Waals surface area (Å²) in [5, 5.41) is 3.19. The third kappa shape index (κ3) is 4.47. The summed E-state index contributed by atoms with van der Waals surface area (Å²) in [6, 6.07) is 2.66. The molecule has 1 rings (SSSR count). The minimum Gasteiger partial charge on any atom is -0.352 e. The van der Waals surface area contributed by atoms with E-state index in [1.54, 1.807) is 0 Å². The van der Waals surface area contributed by atoms with E-state index in [2.05, 4.69) is 21.2 Å². The topological polar surface area (TPSA) is 29.1 Å². The van der Waals surface area contributed by atoms with Crippen LogP contribution in [0.3, 0.4) is 0 Å². The van der Waals surface area contributed by atoms with Crippen LogP contribution in [0, 0.1) is 11.7 Å². The number of carbonyl (C=O) groups excluding carboxylic acids is 1. The Morgan fingerprint density at radius 2 is 2.05 bits per heavy atom. The van der Waals surface area contributed by atoms with Gasteiger partial charge in [0.15, 0.2) is 0 Å². The van der Waals surface area contributed by atoms with E-state index in [0.29, 0.717) is 6.07 Å². The lowest BCUT2D eigenvalue weighted by Crippen LogP contribution is -2.29. The Labute approximate surface area is 122 Å². The standard InChI is InChI=1S/C13H14BrF4NO/c1-8(5-6-14)7-19-12(20)9-3-2-4-10(11(9)15)13(16,17)18/h2-4,8H,5-7H2,1H3,(H,19,20). The molecular formula is C13H14BrF4NO. The second-order valence-electron chi connectivity index (χ2n) is 4.46. The third-order valence-corrected chi connectivity index (χ3v) is 3.22. The van der Waals surface area contributed by atoms with Crippen LogP contribution in [0.15, 0.2) is 18.2 Å².